The Balaban J connectivity index is 4.47. The molecule has 0 bridgehead atoms. The Morgan fingerprint density at radius 1 is 1.46 bits per heavy atom. The summed E-state index contributed by atoms with van der Waals surface area (Å²) in [6, 6.07) is -0.0811. The van der Waals surface area contributed by atoms with Crippen molar-refractivity contribution in [2.75, 3.05) is 13.3 Å². The molecule has 0 saturated carbocycles. The summed E-state index contributed by atoms with van der Waals surface area (Å²) in [7, 11) is -1.22. The lowest BCUT2D eigenvalue weighted by atomic mass is 10.1. The first-order valence-corrected chi connectivity index (χ1v) is 6.14. The third-order valence-electron chi connectivity index (χ3n) is 2.11. The van der Waals surface area contributed by atoms with Crippen molar-refractivity contribution in [3.63, 3.8) is 0 Å². The van der Waals surface area contributed by atoms with Gasteiger partial charge in [-0.2, -0.15) is 0 Å². The van der Waals surface area contributed by atoms with E-state index in [1.165, 1.54) is 6.26 Å². The van der Waals surface area contributed by atoms with Gasteiger partial charge in [0.1, 0.15) is 0 Å². The van der Waals surface area contributed by atoms with E-state index in [0.29, 0.717) is 6.42 Å². The molecule has 0 spiro atoms. The lowest BCUT2D eigenvalue weighted by Gasteiger charge is -2.19. The summed E-state index contributed by atoms with van der Waals surface area (Å²) >= 11 is 0. The smallest absolute Gasteiger partial charge is 0.151 e. The number of hydrogen-bond donors (Lipinski definition) is 1. The van der Waals surface area contributed by atoms with E-state index >= 15 is 0 Å². The van der Waals surface area contributed by atoms with E-state index in [0.717, 1.165) is 0 Å². The zero-order valence-electron chi connectivity index (χ0n) is 8.59. The Bertz CT molecular complexity index is 297. The van der Waals surface area contributed by atoms with Crippen LogP contribution in [0, 0.1) is 11.8 Å². The van der Waals surface area contributed by atoms with E-state index in [1.807, 2.05) is 0 Å². The average Bonchev–Trinajstić information content (AvgIpc) is 2.04. The highest BCUT2D eigenvalue weighted by Gasteiger charge is 2.23. The number of rotatable bonds is 4. The monoisotopic (exact) mass is 203 g/mol. The van der Waals surface area contributed by atoms with E-state index in [4.69, 9.17) is 0 Å². The quantitative estimate of drug-likeness (QED) is 0.674. The first-order chi connectivity index (χ1) is 5.93. The fourth-order valence-corrected chi connectivity index (χ4v) is 1.84. The van der Waals surface area contributed by atoms with Crippen molar-refractivity contribution in [1.82, 2.24) is 5.32 Å². The fraction of sp³-hybridized carbons (Fsp3) is 0.778. The van der Waals surface area contributed by atoms with Crippen LogP contribution in [0.5, 0.6) is 0 Å². The molecule has 0 radical (unpaired) electrons. The van der Waals surface area contributed by atoms with Crippen LogP contribution in [0.3, 0.4) is 0 Å². The zero-order valence-corrected chi connectivity index (χ0v) is 9.40. The van der Waals surface area contributed by atoms with Crippen LogP contribution in [0.4, 0.5) is 0 Å². The van der Waals surface area contributed by atoms with Crippen LogP contribution in [0.1, 0.15) is 20.3 Å². The Morgan fingerprint density at radius 3 is 2.31 bits per heavy atom. The second-order valence-corrected chi connectivity index (χ2v) is 5.46. The molecule has 0 aliphatic heterocycles. The second kappa shape index (κ2) is 5.25. The minimum Gasteiger partial charge on any atom is -0.315 e. The highest BCUT2D eigenvalue weighted by molar-refractivity contribution is 7.91. The predicted molar refractivity (Wildman–Crippen MR) is 55.2 cm³/mol. The molecule has 0 amide bonds. The highest BCUT2D eigenvalue weighted by Crippen LogP contribution is 2.06. The molecule has 0 fully saturated rings. The normalized spacial score (nSPS) is 15.7. The summed E-state index contributed by atoms with van der Waals surface area (Å²) in [5.41, 5.74) is 0. The maximum absolute atomic E-state index is 11.2. The molecule has 0 heterocycles. The molecule has 0 rings (SSSR count). The van der Waals surface area contributed by atoms with Gasteiger partial charge in [-0.1, -0.05) is 0 Å². The van der Waals surface area contributed by atoms with E-state index in [9.17, 15) is 8.42 Å². The molecule has 76 valence electrons. The third kappa shape index (κ3) is 4.30. The Hall–Kier alpha value is -0.530. The average molecular weight is 203 g/mol. The Kier molecular flexibility index (Phi) is 5.04. The van der Waals surface area contributed by atoms with Crippen molar-refractivity contribution in [3.8, 4) is 11.8 Å². The summed E-state index contributed by atoms with van der Waals surface area (Å²) in [4.78, 5) is 0. The number of nitrogens with one attached hydrogen (secondary N) is 1. The molecule has 2 unspecified atom stereocenters. The van der Waals surface area contributed by atoms with Gasteiger partial charge in [0.05, 0.1) is 5.25 Å². The van der Waals surface area contributed by atoms with Crippen LogP contribution in [0.2, 0.25) is 0 Å². The van der Waals surface area contributed by atoms with Crippen LogP contribution < -0.4 is 5.32 Å². The molecule has 0 saturated heterocycles. The maximum Gasteiger partial charge on any atom is 0.151 e. The van der Waals surface area contributed by atoms with Gasteiger partial charge < -0.3 is 5.32 Å². The van der Waals surface area contributed by atoms with Crippen LogP contribution in [-0.2, 0) is 9.84 Å². The van der Waals surface area contributed by atoms with E-state index in [2.05, 4.69) is 17.2 Å². The molecule has 2 atom stereocenters. The van der Waals surface area contributed by atoms with Gasteiger partial charge in [-0.25, -0.2) is 8.42 Å². The van der Waals surface area contributed by atoms with Crippen LogP contribution in [0.25, 0.3) is 0 Å². The molecule has 13 heavy (non-hydrogen) atoms. The second-order valence-electron chi connectivity index (χ2n) is 3.06. The standard InChI is InChI=1S/C9H17NO2S/c1-5-6-7-9(10-3)8(2)13(4,11)12/h8-10H,7H2,1-4H3. The summed E-state index contributed by atoms with van der Waals surface area (Å²) in [6.07, 6.45) is 1.82. The minimum absolute atomic E-state index is 0.0811. The van der Waals surface area contributed by atoms with Gasteiger partial charge in [-0.15, -0.1) is 11.8 Å². The topological polar surface area (TPSA) is 46.2 Å². The third-order valence-corrected chi connectivity index (χ3v) is 3.79. The molecule has 4 heteroatoms. The number of hydrogen-bond acceptors (Lipinski definition) is 3. The predicted octanol–water partition coefficient (Wildman–Crippen LogP) is 0.421. The summed E-state index contributed by atoms with van der Waals surface area (Å²) in [6.45, 7) is 3.45. The van der Waals surface area contributed by atoms with Crippen LogP contribution in [-0.4, -0.2) is 33.0 Å². The zero-order chi connectivity index (χ0) is 10.5. The first kappa shape index (κ1) is 12.5. The molecule has 0 aliphatic carbocycles. The summed E-state index contributed by atoms with van der Waals surface area (Å²) in [5.74, 6) is 5.63. The molecule has 0 aromatic rings. The van der Waals surface area contributed by atoms with Crippen molar-refractivity contribution in [2.45, 2.75) is 31.6 Å². The van der Waals surface area contributed by atoms with Gasteiger partial charge in [0, 0.05) is 18.7 Å². The van der Waals surface area contributed by atoms with Gasteiger partial charge in [0.25, 0.3) is 0 Å². The van der Waals surface area contributed by atoms with Crippen LogP contribution in [0.15, 0.2) is 0 Å². The van der Waals surface area contributed by atoms with E-state index < -0.39 is 15.1 Å². The first-order valence-electron chi connectivity index (χ1n) is 4.19. The van der Waals surface area contributed by atoms with Gasteiger partial charge in [-0.3, -0.25) is 0 Å². The van der Waals surface area contributed by atoms with E-state index in [-0.39, 0.29) is 6.04 Å². The Morgan fingerprint density at radius 2 is 2.00 bits per heavy atom. The molecular formula is C9H17NO2S. The van der Waals surface area contributed by atoms with Crippen molar-refractivity contribution >= 4 is 9.84 Å². The molecule has 1 N–H and O–H groups in total. The minimum atomic E-state index is -2.97. The van der Waals surface area contributed by atoms with Gasteiger partial charge >= 0.3 is 0 Å². The molecule has 0 aliphatic rings. The van der Waals surface area contributed by atoms with Crippen molar-refractivity contribution < 1.29 is 8.42 Å². The van der Waals surface area contributed by atoms with Gasteiger partial charge in [-0.05, 0) is 20.9 Å². The summed E-state index contributed by atoms with van der Waals surface area (Å²) < 4.78 is 22.4. The van der Waals surface area contributed by atoms with Gasteiger partial charge in [0.2, 0.25) is 0 Å². The lowest BCUT2D eigenvalue weighted by molar-refractivity contribution is 0.526. The van der Waals surface area contributed by atoms with Crippen LogP contribution >= 0.6 is 0 Å². The van der Waals surface area contributed by atoms with Crippen molar-refractivity contribution in [3.05, 3.63) is 0 Å². The Labute approximate surface area is 80.8 Å². The van der Waals surface area contributed by atoms with Crippen molar-refractivity contribution in [1.29, 1.82) is 0 Å². The molecular weight excluding hydrogens is 186 g/mol. The molecule has 0 aromatic heterocycles. The SMILES string of the molecule is CC#CCC(NC)C(C)S(C)(=O)=O. The maximum atomic E-state index is 11.2. The summed E-state index contributed by atoms with van der Waals surface area (Å²) in [5, 5.41) is 2.57. The fourth-order valence-electron chi connectivity index (χ4n) is 1.01. The molecule has 3 nitrogen and oxygen atoms in total. The highest BCUT2D eigenvalue weighted by atomic mass is 32.2. The lowest BCUT2D eigenvalue weighted by Crippen LogP contribution is -2.40. The largest absolute Gasteiger partial charge is 0.315 e. The van der Waals surface area contributed by atoms with E-state index in [1.54, 1.807) is 20.9 Å². The van der Waals surface area contributed by atoms with Gasteiger partial charge in [0.15, 0.2) is 9.84 Å². The molecule has 0 aromatic carbocycles. The van der Waals surface area contributed by atoms with Crippen molar-refractivity contribution in [2.24, 2.45) is 0 Å². The number of sulfone groups is 1.